The van der Waals surface area contributed by atoms with Gasteiger partial charge in [-0.3, -0.25) is 4.79 Å². The van der Waals surface area contributed by atoms with E-state index in [1.165, 1.54) is 7.11 Å². The van der Waals surface area contributed by atoms with E-state index in [0.717, 1.165) is 16.7 Å². The number of carbonyl (C=O) groups excluding carboxylic acids is 3. The molecule has 0 fully saturated rings. The minimum atomic E-state index is -1.21. The molecule has 0 spiro atoms. The average molecular weight is 627 g/mol. The number of ether oxygens (including phenoxy) is 4. The van der Waals surface area contributed by atoms with E-state index in [1.54, 1.807) is 18.2 Å². The molecule has 0 aromatic heterocycles. The first-order chi connectivity index (χ1) is 22.4. The zero-order valence-electron chi connectivity index (χ0n) is 25.6. The molecule has 0 bridgehead atoms. The molecular formula is C36H38N2O8. The smallest absolute Gasteiger partial charge is 0.407 e. The monoisotopic (exact) mass is 626 g/mol. The highest BCUT2D eigenvalue weighted by molar-refractivity contribution is 5.85. The molecule has 4 rings (SSSR count). The summed E-state index contributed by atoms with van der Waals surface area (Å²) in [6.07, 6.45) is -2.19. The van der Waals surface area contributed by atoms with E-state index in [0.29, 0.717) is 30.3 Å². The van der Waals surface area contributed by atoms with Gasteiger partial charge < -0.3 is 34.7 Å². The number of benzene rings is 4. The first kappa shape index (κ1) is 33.5. The van der Waals surface area contributed by atoms with Crippen LogP contribution in [0.1, 0.15) is 28.7 Å². The largest absolute Gasteiger partial charge is 0.485 e. The molecule has 0 aliphatic rings. The van der Waals surface area contributed by atoms with Gasteiger partial charge in [0.1, 0.15) is 25.9 Å². The Morgan fingerprint density at radius 3 is 1.80 bits per heavy atom. The highest BCUT2D eigenvalue weighted by atomic mass is 16.5. The normalized spacial score (nSPS) is 11.9. The van der Waals surface area contributed by atoms with Crippen LogP contribution >= 0.6 is 0 Å². The van der Waals surface area contributed by atoms with Gasteiger partial charge in [0.05, 0.1) is 19.6 Å². The highest BCUT2D eigenvalue weighted by Crippen LogP contribution is 2.31. The second-order valence-electron chi connectivity index (χ2n) is 10.5. The van der Waals surface area contributed by atoms with Crippen molar-refractivity contribution in [3.63, 3.8) is 0 Å². The van der Waals surface area contributed by atoms with Gasteiger partial charge in [0.25, 0.3) is 0 Å². The molecular weight excluding hydrogens is 588 g/mol. The molecule has 0 unspecified atom stereocenters. The summed E-state index contributed by atoms with van der Waals surface area (Å²) < 4.78 is 22.3. The number of rotatable bonds is 16. The molecule has 10 nitrogen and oxygen atoms in total. The molecule has 2 amide bonds. The Balaban J connectivity index is 1.35. The Kier molecular flexibility index (Phi) is 13.0. The Morgan fingerprint density at radius 2 is 1.24 bits per heavy atom. The topological polar surface area (TPSA) is 132 Å². The van der Waals surface area contributed by atoms with Gasteiger partial charge in [-0.05, 0) is 34.4 Å². The Bertz CT molecular complexity index is 1530. The van der Waals surface area contributed by atoms with Gasteiger partial charge in [0.2, 0.25) is 5.91 Å². The lowest BCUT2D eigenvalue weighted by Crippen LogP contribution is -2.45. The van der Waals surface area contributed by atoms with Gasteiger partial charge in [-0.1, -0.05) is 97.1 Å². The van der Waals surface area contributed by atoms with Crippen molar-refractivity contribution in [2.45, 2.75) is 44.8 Å². The van der Waals surface area contributed by atoms with E-state index in [2.05, 4.69) is 10.6 Å². The summed E-state index contributed by atoms with van der Waals surface area (Å²) in [6, 6.07) is 32.9. The Hall–Kier alpha value is -5.35. The van der Waals surface area contributed by atoms with E-state index >= 15 is 0 Å². The van der Waals surface area contributed by atoms with Crippen molar-refractivity contribution in [2.24, 2.45) is 0 Å². The van der Waals surface area contributed by atoms with Crippen molar-refractivity contribution in [2.75, 3.05) is 13.7 Å². The zero-order chi connectivity index (χ0) is 32.6. The quantitative estimate of drug-likeness (QED) is 0.152. The summed E-state index contributed by atoms with van der Waals surface area (Å²) in [7, 11) is 1.23. The molecule has 46 heavy (non-hydrogen) atoms. The molecule has 10 heteroatoms. The molecule has 4 aromatic carbocycles. The van der Waals surface area contributed by atoms with E-state index in [4.69, 9.17) is 18.9 Å². The molecule has 3 N–H and O–H groups in total. The first-order valence-corrected chi connectivity index (χ1v) is 14.9. The first-order valence-electron chi connectivity index (χ1n) is 14.9. The summed E-state index contributed by atoms with van der Waals surface area (Å²) in [5.41, 5.74) is 3.47. The van der Waals surface area contributed by atoms with Gasteiger partial charge >= 0.3 is 12.1 Å². The lowest BCUT2D eigenvalue weighted by atomic mass is 10.0. The van der Waals surface area contributed by atoms with Crippen LogP contribution in [0, 0.1) is 0 Å². The highest BCUT2D eigenvalue weighted by Gasteiger charge is 2.24. The molecule has 240 valence electrons. The van der Waals surface area contributed by atoms with E-state index < -0.39 is 30.1 Å². The Morgan fingerprint density at radius 1 is 0.696 bits per heavy atom. The fraction of sp³-hybridized carbons (Fsp3) is 0.250. The van der Waals surface area contributed by atoms with Crippen LogP contribution in [0.25, 0.3) is 0 Å². The van der Waals surface area contributed by atoms with Crippen LogP contribution in [-0.2, 0) is 45.3 Å². The summed E-state index contributed by atoms with van der Waals surface area (Å²) in [5, 5.41) is 15.4. The summed E-state index contributed by atoms with van der Waals surface area (Å²) in [4.78, 5) is 37.4. The predicted molar refractivity (Wildman–Crippen MR) is 171 cm³/mol. The molecule has 0 heterocycles. The molecule has 0 aliphatic heterocycles. The number of alkyl carbamates (subject to hydrolysis) is 1. The predicted octanol–water partition coefficient (Wildman–Crippen LogP) is 4.72. The molecule has 0 radical (unpaired) electrons. The lowest BCUT2D eigenvalue weighted by Gasteiger charge is -2.19. The molecule has 0 aliphatic carbocycles. The van der Waals surface area contributed by atoms with Crippen LogP contribution in [-0.4, -0.2) is 48.9 Å². The number of carbonyl (C=O) groups is 3. The van der Waals surface area contributed by atoms with Crippen LogP contribution in [0.3, 0.4) is 0 Å². The van der Waals surface area contributed by atoms with Crippen molar-refractivity contribution in [1.29, 1.82) is 0 Å². The van der Waals surface area contributed by atoms with Gasteiger partial charge in [0.15, 0.2) is 11.5 Å². The molecule has 0 saturated carbocycles. The number of aliphatic hydroxyl groups excluding tert-OH is 1. The van der Waals surface area contributed by atoms with E-state index in [1.807, 2.05) is 91.0 Å². The maximum absolute atomic E-state index is 12.8. The van der Waals surface area contributed by atoms with Crippen molar-refractivity contribution in [3.05, 3.63) is 131 Å². The van der Waals surface area contributed by atoms with Crippen LogP contribution in [0.5, 0.6) is 11.5 Å². The SMILES string of the molecule is COC(=O)[C@H](Cc1ccc(OCc2ccccc2)c(OCc2ccccc2)c1)NC(=O)C[C@H](O)CNC(=O)OCc1ccccc1. The van der Waals surface area contributed by atoms with Crippen LogP contribution in [0.2, 0.25) is 0 Å². The summed E-state index contributed by atoms with van der Waals surface area (Å²) in [5.74, 6) is -0.236. The Labute approximate surface area is 268 Å². The molecule has 0 saturated heterocycles. The van der Waals surface area contributed by atoms with E-state index in [9.17, 15) is 19.5 Å². The number of amides is 2. The number of hydrogen-bond acceptors (Lipinski definition) is 8. The maximum Gasteiger partial charge on any atom is 0.407 e. The van der Waals surface area contributed by atoms with Gasteiger partial charge in [-0.25, -0.2) is 9.59 Å². The second-order valence-corrected chi connectivity index (χ2v) is 10.5. The minimum Gasteiger partial charge on any atom is -0.485 e. The van der Waals surface area contributed by atoms with Crippen LogP contribution in [0.4, 0.5) is 4.79 Å². The van der Waals surface area contributed by atoms with Crippen molar-refractivity contribution in [3.8, 4) is 11.5 Å². The van der Waals surface area contributed by atoms with Gasteiger partial charge in [-0.2, -0.15) is 0 Å². The van der Waals surface area contributed by atoms with Crippen molar-refractivity contribution < 1.29 is 38.4 Å². The second kappa shape index (κ2) is 17.8. The summed E-state index contributed by atoms with van der Waals surface area (Å²) >= 11 is 0. The third-order valence-corrected chi connectivity index (χ3v) is 6.86. The number of nitrogens with one attached hydrogen (secondary N) is 2. The zero-order valence-corrected chi connectivity index (χ0v) is 25.6. The lowest BCUT2D eigenvalue weighted by molar-refractivity contribution is -0.145. The minimum absolute atomic E-state index is 0.0726. The number of methoxy groups -OCH3 is 1. The van der Waals surface area contributed by atoms with Gasteiger partial charge in [0, 0.05) is 13.0 Å². The van der Waals surface area contributed by atoms with Crippen molar-refractivity contribution in [1.82, 2.24) is 10.6 Å². The molecule has 2 atom stereocenters. The van der Waals surface area contributed by atoms with Crippen LogP contribution in [0.15, 0.2) is 109 Å². The van der Waals surface area contributed by atoms with E-state index in [-0.39, 0.29) is 26.0 Å². The fourth-order valence-electron chi connectivity index (χ4n) is 4.47. The van der Waals surface area contributed by atoms with Crippen molar-refractivity contribution >= 4 is 18.0 Å². The fourth-order valence-corrected chi connectivity index (χ4v) is 4.47. The van der Waals surface area contributed by atoms with Crippen LogP contribution < -0.4 is 20.1 Å². The van der Waals surface area contributed by atoms with Gasteiger partial charge in [-0.15, -0.1) is 0 Å². The maximum atomic E-state index is 12.8. The standard InChI is InChI=1S/C36H38N2O8/c1-43-35(41)31(38-34(40)21-30(39)22-37-36(42)46-25-28-15-9-4-10-16-28)19-29-17-18-32(44-23-26-11-5-2-6-12-26)33(20-29)45-24-27-13-7-3-8-14-27/h2-18,20,30-31,39H,19,21-25H2,1H3,(H,37,42)(H,38,40)/t30-,31-/m0/s1. The average Bonchev–Trinajstić information content (AvgIpc) is 3.09. The molecule has 4 aromatic rings. The summed E-state index contributed by atoms with van der Waals surface area (Å²) in [6.45, 7) is 0.499. The third-order valence-electron chi connectivity index (χ3n) is 6.86. The number of hydrogen-bond donors (Lipinski definition) is 3. The number of aliphatic hydroxyl groups is 1. The third kappa shape index (κ3) is 11.3. The number of esters is 1.